The van der Waals surface area contributed by atoms with Crippen LogP contribution in [-0.4, -0.2) is 31.4 Å². The van der Waals surface area contributed by atoms with Crippen LogP contribution in [0.15, 0.2) is 4.99 Å². The SMILES string of the molecule is CCOCCC1C=NC(=O)NC1=O. The molecular formula is C8H12N2O3. The summed E-state index contributed by atoms with van der Waals surface area (Å²) >= 11 is 0. The fourth-order valence-electron chi connectivity index (χ4n) is 1.02. The third-order valence-electron chi connectivity index (χ3n) is 1.72. The third kappa shape index (κ3) is 2.95. The molecule has 0 aliphatic carbocycles. The maximum atomic E-state index is 11.1. The molecular weight excluding hydrogens is 172 g/mol. The van der Waals surface area contributed by atoms with Gasteiger partial charge >= 0.3 is 6.03 Å². The van der Waals surface area contributed by atoms with Gasteiger partial charge in [0, 0.05) is 19.4 Å². The lowest BCUT2D eigenvalue weighted by Crippen LogP contribution is -2.39. The van der Waals surface area contributed by atoms with Gasteiger partial charge in [0.2, 0.25) is 5.91 Å². The number of nitrogens with one attached hydrogen (secondary N) is 1. The highest BCUT2D eigenvalue weighted by molar-refractivity contribution is 6.09. The van der Waals surface area contributed by atoms with Gasteiger partial charge in [-0.15, -0.1) is 0 Å². The summed E-state index contributed by atoms with van der Waals surface area (Å²) in [6.07, 6.45) is 1.94. The van der Waals surface area contributed by atoms with Crippen LogP contribution in [0.3, 0.4) is 0 Å². The summed E-state index contributed by atoms with van der Waals surface area (Å²) in [4.78, 5) is 25.2. The summed E-state index contributed by atoms with van der Waals surface area (Å²) < 4.78 is 5.08. The lowest BCUT2D eigenvalue weighted by Gasteiger charge is -2.13. The standard InChI is InChI=1S/C8H12N2O3/c1-2-13-4-3-6-5-9-8(12)10-7(6)11/h5-6H,2-4H2,1H3,(H,10,11,12). The highest BCUT2D eigenvalue weighted by atomic mass is 16.5. The van der Waals surface area contributed by atoms with Gasteiger partial charge in [-0.1, -0.05) is 0 Å². The summed E-state index contributed by atoms with van der Waals surface area (Å²) in [5.74, 6) is -0.621. The fraction of sp³-hybridized carbons (Fsp3) is 0.625. The highest BCUT2D eigenvalue weighted by Crippen LogP contribution is 2.04. The molecule has 1 aliphatic rings. The quantitative estimate of drug-likeness (QED) is 0.641. The van der Waals surface area contributed by atoms with Crippen molar-refractivity contribution in [2.24, 2.45) is 10.9 Å². The van der Waals surface area contributed by atoms with Gasteiger partial charge < -0.3 is 4.74 Å². The molecule has 0 aromatic heterocycles. The second-order valence-corrected chi connectivity index (χ2v) is 2.66. The van der Waals surface area contributed by atoms with Crippen molar-refractivity contribution in [2.75, 3.05) is 13.2 Å². The van der Waals surface area contributed by atoms with Crippen LogP contribution in [0.1, 0.15) is 13.3 Å². The molecule has 0 aromatic carbocycles. The van der Waals surface area contributed by atoms with Crippen molar-refractivity contribution in [3.8, 4) is 0 Å². The lowest BCUT2D eigenvalue weighted by molar-refractivity contribution is -0.122. The predicted molar refractivity (Wildman–Crippen MR) is 46.6 cm³/mol. The van der Waals surface area contributed by atoms with Crippen LogP contribution in [0.25, 0.3) is 0 Å². The van der Waals surface area contributed by atoms with Gasteiger partial charge in [0.25, 0.3) is 0 Å². The van der Waals surface area contributed by atoms with Gasteiger partial charge in [0.05, 0.1) is 5.92 Å². The maximum Gasteiger partial charge on any atom is 0.347 e. The Balaban J connectivity index is 2.37. The summed E-state index contributed by atoms with van der Waals surface area (Å²) in [5, 5.41) is 2.12. The Labute approximate surface area is 76.2 Å². The van der Waals surface area contributed by atoms with E-state index in [4.69, 9.17) is 4.74 Å². The molecule has 0 aromatic rings. The molecule has 5 nitrogen and oxygen atoms in total. The van der Waals surface area contributed by atoms with E-state index in [1.54, 1.807) is 0 Å². The van der Waals surface area contributed by atoms with Crippen molar-refractivity contribution in [1.29, 1.82) is 0 Å². The van der Waals surface area contributed by atoms with E-state index >= 15 is 0 Å². The van der Waals surface area contributed by atoms with Crippen LogP contribution in [0.4, 0.5) is 4.79 Å². The number of nitrogens with zero attached hydrogens (tertiary/aromatic N) is 1. The number of amides is 3. The molecule has 0 spiro atoms. The van der Waals surface area contributed by atoms with E-state index in [2.05, 4.69) is 10.3 Å². The minimum atomic E-state index is -0.586. The molecule has 13 heavy (non-hydrogen) atoms. The monoisotopic (exact) mass is 184 g/mol. The maximum absolute atomic E-state index is 11.1. The Bertz CT molecular complexity index is 238. The molecule has 1 rings (SSSR count). The van der Waals surface area contributed by atoms with Crippen molar-refractivity contribution in [3.63, 3.8) is 0 Å². The second-order valence-electron chi connectivity index (χ2n) is 2.66. The number of ether oxygens (including phenoxy) is 1. The smallest absolute Gasteiger partial charge is 0.347 e. The van der Waals surface area contributed by atoms with E-state index in [0.717, 1.165) is 0 Å². The van der Waals surface area contributed by atoms with E-state index < -0.39 is 6.03 Å². The van der Waals surface area contributed by atoms with E-state index in [1.165, 1.54) is 6.21 Å². The molecule has 0 saturated carbocycles. The minimum Gasteiger partial charge on any atom is -0.382 e. The lowest BCUT2D eigenvalue weighted by atomic mass is 10.1. The van der Waals surface area contributed by atoms with E-state index in [9.17, 15) is 9.59 Å². The van der Waals surface area contributed by atoms with E-state index in [0.29, 0.717) is 19.6 Å². The minimum absolute atomic E-state index is 0.292. The van der Waals surface area contributed by atoms with Crippen molar-refractivity contribution in [1.82, 2.24) is 5.32 Å². The normalized spacial score (nSPS) is 21.8. The summed E-state index contributed by atoms with van der Waals surface area (Å²) in [5.41, 5.74) is 0. The Morgan fingerprint density at radius 1 is 1.62 bits per heavy atom. The van der Waals surface area contributed by atoms with Gasteiger partial charge in [0.15, 0.2) is 0 Å². The number of urea groups is 1. The first-order valence-electron chi connectivity index (χ1n) is 4.20. The first-order chi connectivity index (χ1) is 6.24. The van der Waals surface area contributed by atoms with E-state index in [-0.39, 0.29) is 11.8 Å². The largest absolute Gasteiger partial charge is 0.382 e. The molecule has 1 unspecified atom stereocenters. The molecule has 0 saturated heterocycles. The number of rotatable bonds is 4. The second kappa shape index (κ2) is 4.71. The van der Waals surface area contributed by atoms with Crippen LogP contribution >= 0.6 is 0 Å². The predicted octanol–water partition coefficient (Wildman–Crippen LogP) is 0.350. The molecule has 0 fully saturated rings. The van der Waals surface area contributed by atoms with Crippen molar-refractivity contribution < 1.29 is 14.3 Å². The van der Waals surface area contributed by atoms with Crippen molar-refractivity contribution >= 4 is 18.2 Å². The van der Waals surface area contributed by atoms with Crippen molar-refractivity contribution in [2.45, 2.75) is 13.3 Å². The average molecular weight is 184 g/mol. The number of carbonyl (C=O) groups excluding carboxylic acids is 2. The van der Waals surface area contributed by atoms with Gasteiger partial charge in [-0.2, -0.15) is 0 Å². The number of imide groups is 1. The molecule has 1 atom stereocenters. The third-order valence-corrected chi connectivity index (χ3v) is 1.72. The molecule has 1 N–H and O–H groups in total. The Morgan fingerprint density at radius 3 is 3.00 bits per heavy atom. The molecule has 1 aliphatic heterocycles. The van der Waals surface area contributed by atoms with Gasteiger partial charge in [-0.05, 0) is 13.3 Å². The fourth-order valence-corrected chi connectivity index (χ4v) is 1.02. The average Bonchev–Trinajstić information content (AvgIpc) is 2.09. The molecule has 1 heterocycles. The Morgan fingerprint density at radius 2 is 2.38 bits per heavy atom. The summed E-state index contributed by atoms with van der Waals surface area (Å²) in [6, 6.07) is -0.586. The van der Waals surface area contributed by atoms with Gasteiger partial charge in [0.1, 0.15) is 0 Å². The zero-order chi connectivity index (χ0) is 9.68. The number of aliphatic imine (C=N–C) groups is 1. The molecule has 0 radical (unpaired) electrons. The zero-order valence-electron chi connectivity index (χ0n) is 7.45. The van der Waals surface area contributed by atoms with Crippen LogP contribution in [0.5, 0.6) is 0 Å². The van der Waals surface area contributed by atoms with Crippen LogP contribution in [-0.2, 0) is 9.53 Å². The first kappa shape index (κ1) is 9.85. The number of hydrogen-bond donors (Lipinski definition) is 1. The van der Waals surface area contributed by atoms with Crippen molar-refractivity contribution in [3.05, 3.63) is 0 Å². The van der Waals surface area contributed by atoms with Crippen LogP contribution < -0.4 is 5.32 Å². The summed E-state index contributed by atoms with van der Waals surface area (Å²) in [7, 11) is 0. The molecule has 5 heteroatoms. The Hall–Kier alpha value is -1.23. The topological polar surface area (TPSA) is 67.8 Å². The zero-order valence-corrected chi connectivity index (χ0v) is 7.45. The highest BCUT2D eigenvalue weighted by Gasteiger charge is 2.22. The number of carbonyl (C=O) groups is 2. The van der Waals surface area contributed by atoms with Crippen LogP contribution in [0, 0.1) is 5.92 Å². The van der Waals surface area contributed by atoms with E-state index in [1.807, 2.05) is 6.92 Å². The molecule has 0 bridgehead atoms. The summed E-state index contributed by atoms with van der Waals surface area (Å²) in [6.45, 7) is 3.03. The first-order valence-corrected chi connectivity index (χ1v) is 4.20. The number of hydrogen-bond acceptors (Lipinski definition) is 3. The molecule has 72 valence electrons. The van der Waals surface area contributed by atoms with Crippen LogP contribution in [0.2, 0.25) is 0 Å². The Kier molecular flexibility index (Phi) is 3.57. The molecule has 3 amide bonds. The van der Waals surface area contributed by atoms with Gasteiger partial charge in [-0.3, -0.25) is 10.1 Å². The van der Waals surface area contributed by atoms with Gasteiger partial charge in [-0.25, -0.2) is 9.79 Å².